The maximum absolute atomic E-state index is 12.3. The number of aryl methyl sites for hydroxylation is 4. The Morgan fingerprint density at radius 3 is 2.39 bits per heavy atom. The van der Waals surface area contributed by atoms with Crippen LogP contribution in [0.25, 0.3) is 0 Å². The normalized spacial score (nSPS) is 10.6. The molecule has 2 aromatic rings. The van der Waals surface area contributed by atoms with Gasteiger partial charge in [-0.25, -0.2) is 0 Å². The fourth-order valence-electron chi connectivity index (χ4n) is 2.83. The van der Waals surface area contributed by atoms with Gasteiger partial charge in [0.05, 0.1) is 6.42 Å². The van der Waals surface area contributed by atoms with E-state index >= 15 is 0 Å². The summed E-state index contributed by atoms with van der Waals surface area (Å²) in [7, 11) is 0. The van der Waals surface area contributed by atoms with Crippen molar-refractivity contribution in [3.8, 4) is 0 Å². The van der Waals surface area contributed by atoms with Gasteiger partial charge in [0.25, 0.3) is 0 Å². The lowest BCUT2D eigenvalue weighted by atomic mass is 10.00. The van der Waals surface area contributed by atoms with Crippen molar-refractivity contribution in [2.75, 3.05) is 0 Å². The van der Waals surface area contributed by atoms with Crippen LogP contribution in [0, 0.1) is 13.8 Å². The third-order valence-corrected chi connectivity index (χ3v) is 4.39. The van der Waals surface area contributed by atoms with E-state index in [2.05, 4.69) is 69.4 Å². The second-order valence-electron chi connectivity index (χ2n) is 6.19. The van der Waals surface area contributed by atoms with Crippen LogP contribution in [0.15, 0.2) is 36.4 Å². The van der Waals surface area contributed by atoms with E-state index < -0.39 is 0 Å². The molecular weight excluding hydrogens is 282 g/mol. The number of carbonyl (C=O) groups excluding carboxylic acids is 1. The Kier molecular flexibility index (Phi) is 5.97. The monoisotopic (exact) mass is 309 g/mol. The van der Waals surface area contributed by atoms with Gasteiger partial charge in [0.1, 0.15) is 0 Å². The van der Waals surface area contributed by atoms with E-state index in [0.717, 1.165) is 18.4 Å². The SMILES string of the molecule is CCc1ccc(CC)c(CNC(=O)Cc2cc(C)ccc2C)c1. The van der Waals surface area contributed by atoms with Crippen LogP contribution in [0.5, 0.6) is 0 Å². The number of carbonyl (C=O) groups is 1. The van der Waals surface area contributed by atoms with Crippen LogP contribution in [-0.4, -0.2) is 5.91 Å². The quantitative estimate of drug-likeness (QED) is 0.847. The first kappa shape index (κ1) is 17.3. The molecule has 0 saturated heterocycles. The molecule has 0 spiro atoms. The number of amides is 1. The molecule has 122 valence electrons. The molecule has 0 bridgehead atoms. The van der Waals surface area contributed by atoms with Crippen LogP contribution in [0.4, 0.5) is 0 Å². The Bertz CT molecular complexity index is 688. The van der Waals surface area contributed by atoms with Crippen LogP contribution in [-0.2, 0) is 30.6 Å². The first-order chi connectivity index (χ1) is 11.0. The zero-order valence-corrected chi connectivity index (χ0v) is 14.7. The zero-order valence-electron chi connectivity index (χ0n) is 14.7. The molecule has 0 aliphatic heterocycles. The molecule has 2 rings (SSSR count). The highest BCUT2D eigenvalue weighted by Gasteiger charge is 2.08. The molecule has 0 fully saturated rings. The molecule has 0 atom stereocenters. The average Bonchev–Trinajstić information content (AvgIpc) is 2.56. The first-order valence-corrected chi connectivity index (χ1v) is 8.47. The molecule has 0 aromatic heterocycles. The van der Waals surface area contributed by atoms with Crippen LogP contribution in [0.3, 0.4) is 0 Å². The van der Waals surface area contributed by atoms with Gasteiger partial charge in [-0.05, 0) is 54.5 Å². The third-order valence-electron chi connectivity index (χ3n) is 4.39. The van der Waals surface area contributed by atoms with E-state index in [4.69, 9.17) is 0 Å². The van der Waals surface area contributed by atoms with Crippen LogP contribution in [0.2, 0.25) is 0 Å². The lowest BCUT2D eigenvalue weighted by Gasteiger charge is -2.12. The largest absolute Gasteiger partial charge is 0.352 e. The van der Waals surface area contributed by atoms with Gasteiger partial charge in [-0.2, -0.15) is 0 Å². The fraction of sp³-hybridized carbons (Fsp3) is 0.381. The number of benzene rings is 2. The fourth-order valence-corrected chi connectivity index (χ4v) is 2.83. The van der Waals surface area contributed by atoms with Crippen LogP contribution < -0.4 is 5.32 Å². The first-order valence-electron chi connectivity index (χ1n) is 8.47. The molecule has 2 heteroatoms. The minimum absolute atomic E-state index is 0.0858. The van der Waals surface area contributed by atoms with E-state index in [9.17, 15) is 4.79 Å². The predicted molar refractivity (Wildman–Crippen MR) is 96.7 cm³/mol. The zero-order chi connectivity index (χ0) is 16.8. The topological polar surface area (TPSA) is 29.1 Å². The summed E-state index contributed by atoms with van der Waals surface area (Å²) in [5.74, 6) is 0.0858. The Morgan fingerprint density at radius 1 is 0.913 bits per heavy atom. The number of rotatable bonds is 6. The van der Waals surface area contributed by atoms with E-state index in [1.807, 2.05) is 0 Å². The summed E-state index contributed by atoms with van der Waals surface area (Å²) in [6.07, 6.45) is 2.46. The van der Waals surface area contributed by atoms with Gasteiger partial charge < -0.3 is 5.32 Å². The second-order valence-corrected chi connectivity index (χ2v) is 6.19. The van der Waals surface area contributed by atoms with E-state index in [1.54, 1.807) is 0 Å². The molecule has 23 heavy (non-hydrogen) atoms. The highest BCUT2D eigenvalue weighted by atomic mass is 16.1. The summed E-state index contributed by atoms with van der Waals surface area (Å²) < 4.78 is 0. The summed E-state index contributed by atoms with van der Waals surface area (Å²) in [6, 6.07) is 12.9. The molecule has 1 amide bonds. The molecule has 0 heterocycles. The minimum Gasteiger partial charge on any atom is -0.352 e. The lowest BCUT2D eigenvalue weighted by Crippen LogP contribution is -2.25. The van der Waals surface area contributed by atoms with Gasteiger partial charge in [-0.15, -0.1) is 0 Å². The number of hydrogen-bond donors (Lipinski definition) is 1. The summed E-state index contributed by atoms with van der Waals surface area (Å²) >= 11 is 0. The smallest absolute Gasteiger partial charge is 0.224 e. The Labute approximate surface area is 139 Å². The van der Waals surface area contributed by atoms with E-state index in [1.165, 1.54) is 27.8 Å². The molecule has 2 nitrogen and oxygen atoms in total. The summed E-state index contributed by atoms with van der Waals surface area (Å²) in [4.78, 5) is 12.3. The molecule has 0 unspecified atom stereocenters. The van der Waals surface area contributed by atoms with Crippen molar-refractivity contribution in [3.63, 3.8) is 0 Å². The van der Waals surface area contributed by atoms with Gasteiger partial charge in [0.15, 0.2) is 0 Å². The molecule has 2 aromatic carbocycles. The van der Waals surface area contributed by atoms with Crippen LogP contribution in [0.1, 0.15) is 47.2 Å². The lowest BCUT2D eigenvalue weighted by molar-refractivity contribution is -0.120. The van der Waals surface area contributed by atoms with Gasteiger partial charge in [0, 0.05) is 6.54 Å². The third kappa shape index (κ3) is 4.69. The Balaban J connectivity index is 2.03. The minimum atomic E-state index is 0.0858. The van der Waals surface area contributed by atoms with Crippen molar-refractivity contribution in [2.24, 2.45) is 0 Å². The summed E-state index contributed by atoms with van der Waals surface area (Å²) in [5.41, 5.74) is 7.35. The Hall–Kier alpha value is -2.09. The number of hydrogen-bond acceptors (Lipinski definition) is 1. The highest BCUT2D eigenvalue weighted by molar-refractivity contribution is 5.79. The molecule has 1 N–H and O–H groups in total. The second kappa shape index (κ2) is 7.96. The van der Waals surface area contributed by atoms with Crippen molar-refractivity contribution in [2.45, 2.75) is 53.5 Å². The molecule has 0 radical (unpaired) electrons. The van der Waals surface area contributed by atoms with Crippen molar-refractivity contribution in [3.05, 3.63) is 69.8 Å². The van der Waals surface area contributed by atoms with Gasteiger partial charge in [-0.3, -0.25) is 4.79 Å². The molecule has 0 aliphatic rings. The van der Waals surface area contributed by atoms with Crippen molar-refractivity contribution in [1.82, 2.24) is 5.32 Å². The average molecular weight is 309 g/mol. The maximum atomic E-state index is 12.3. The number of nitrogens with one attached hydrogen (secondary N) is 1. The van der Waals surface area contributed by atoms with Crippen molar-refractivity contribution < 1.29 is 4.79 Å². The Morgan fingerprint density at radius 2 is 1.70 bits per heavy atom. The standard InChI is InChI=1S/C21H27NO/c1-5-17-9-10-18(6-2)20(12-17)14-22-21(23)13-19-11-15(3)7-8-16(19)4/h7-12H,5-6,13-14H2,1-4H3,(H,22,23). The van der Waals surface area contributed by atoms with Gasteiger partial charge >= 0.3 is 0 Å². The molecular formula is C21H27NO. The highest BCUT2D eigenvalue weighted by Crippen LogP contribution is 2.14. The molecule has 0 aliphatic carbocycles. The van der Waals surface area contributed by atoms with E-state index in [0.29, 0.717) is 13.0 Å². The van der Waals surface area contributed by atoms with Crippen LogP contribution >= 0.6 is 0 Å². The van der Waals surface area contributed by atoms with E-state index in [-0.39, 0.29) is 5.91 Å². The van der Waals surface area contributed by atoms with Gasteiger partial charge in [-0.1, -0.05) is 55.8 Å². The van der Waals surface area contributed by atoms with Crippen molar-refractivity contribution >= 4 is 5.91 Å². The summed E-state index contributed by atoms with van der Waals surface area (Å²) in [6.45, 7) is 9.04. The van der Waals surface area contributed by atoms with Gasteiger partial charge in [0.2, 0.25) is 5.91 Å². The van der Waals surface area contributed by atoms with Crippen molar-refractivity contribution in [1.29, 1.82) is 0 Å². The predicted octanol–water partition coefficient (Wildman–Crippen LogP) is 4.29. The maximum Gasteiger partial charge on any atom is 0.224 e. The molecule has 0 saturated carbocycles. The summed E-state index contributed by atoms with van der Waals surface area (Å²) in [5, 5.41) is 3.08.